The molecule has 0 aliphatic heterocycles. The maximum atomic E-state index is 13.0. The predicted octanol–water partition coefficient (Wildman–Crippen LogP) is 3.42. The molecule has 0 spiro atoms. The maximum absolute atomic E-state index is 13.0. The molecule has 4 N–H and O–H groups in total. The van der Waals surface area contributed by atoms with Crippen LogP contribution in [-0.2, 0) is 23.2 Å². The molecule has 0 saturated heterocycles. The third kappa shape index (κ3) is 6.76. The minimum absolute atomic E-state index is 0.0614. The summed E-state index contributed by atoms with van der Waals surface area (Å²) in [6.07, 6.45) is 3.20. The number of nitrogens with one attached hydrogen (secondary N) is 3. The van der Waals surface area contributed by atoms with Crippen LogP contribution in [0.15, 0.2) is 59.1 Å². The quantitative estimate of drug-likeness (QED) is 0.182. The molecule has 1 aliphatic carbocycles. The number of aromatic nitrogens is 2. The van der Waals surface area contributed by atoms with Crippen LogP contribution in [0.5, 0.6) is 5.75 Å². The summed E-state index contributed by atoms with van der Waals surface area (Å²) in [5.41, 5.74) is 6.57. The fraction of sp³-hybridized carbons (Fsp3) is 0.321. The SMILES string of the molecule is CN(C=O)NN=Nc1ccc2c(c1)CC[C@@H]2NC(=O)c1cc(C(=O)NCc2ccc(C(C)(C)C)c(O)c2)ncn1. The van der Waals surface area contributed by atoms with Gasteiger partial charge < -0.3 is 15.7 Å². The number of aryl methyl sites for hydroxylation is 1. The largest absolute Gasteiger partial charge is 0.508 e. The highest BCUT2D eigenvalue weighted by Gasteiger charge is 2.25. The van der Waals surface area contributed by atoms with Crippen LogP contribution >= 0.6 is 0 Å². The van der Waals surface area contributed by atoms with E-state index in [1.165, 1.54) is 19.4 Å². The molecule has 0 fully saturated rings. The average Bonchev–Trinajstić information content (AvgIpc) is 3.32. The zero-order valence-electron chi connectivity index (χ0n) is 22.8. The van der Waals surface area contributed by atoms with Gasteiger partial charge in [0.1, 0.15) is 23.5 Å². The molecule has 0 bridgehead atoms. The standard InChI is InChI=1S/C28H32N8O4/c1-28(2,3)21-9-5-17(11-25(21)38)14-29-26(39)23-13-24(31-15-30-23)27(40)32-22-10-6-18-12-19(7-8-20(18)22)33-34-35-36(4)16-37/h5,7-9,11-13,15-16,22,38H,6,10,14H2,1-4H3,(H,29,39)(H,32,40)(H,33,35)/t22-/m0/s1. The van der Waals surface area contributed by atoms with Crippen molar-refractivity contribution in [3.05, 3.63) is 82.4 Å². The Kier molecular flexibility index (Phi) is 8.37. The molecule has 0 saturated carbocycles. The minimum Gasteiger partial charge on any atom is -0.508 e. The van der Waals surface area contributed by atoms with Crippen molar-refractivity contribution in [3.8, 4) is 5.75 Å². The van der Waals surface area contributed by atoms with Gasteiger partial charge in [0.25, 0.3) is 11.8 Å². The van der Waals surface area contributed by atoms with Crippen molar-refractivity contribution in [2.24, 2.45) is 10.3 Å². The number of amides is 3. The first-order valence-electron chi connectivity index (χ1n) is 12.8. The zero-order valence-corrected chi connectivity index (χ0v) is 22.8. The Hall–Kier alpha value is -4.87. The normalized spacial score (nSPS) is 14.4. The van der Waals surface area contributed by atoms with E-state index < -0.39 is 11.8 Å². The van der Waals surface area contributed by atoms with Gasteiger partial charge in [0.15, 0.2) is 0 Å². The van der Waals surface area contributed by atoms with Crippen LogP contribution in [0.25, 0.3) is 0 Å². The molecule has 1 atom stereocenters. The summed E-state index contributed by atoms with van der Waals surface area (Å²) in [5, 5.41) is 25.0. The van der Waals surface area contributed by atoms with Crippen molar-refractivity contribution < 1.29 is 19.5 Å². The Morgan fingerprint density at radius 2 is 1.85 bits per heavy atom. The van der Waals surface area contributed by atoms with Gasteiger partial charge in [-0.3, -0.25) is 14.4 Å². The summed E-state index contributed by atoms with van der Waals surface area (Å²) in [5.74, 6) is -0.701. The first-order valence-corrected chi connectivity index (χ1v) is 12.8. The number of carbonyl (C=O) groups excluding carboxylic acids is 3. The van der Waals surface area contributed by atoms with Gasteiger partial charge in [-0.2, -0.15) is 5.53 Å². The minimum atomic E-state index is -0.461. The molecule has 1 aromatic heterocycles. The van der Waals surface area contributed by atoms with Crippen LogP contribution in [0.1, 0.15) is 76.5 Å². The smallest absolute Gasteiger partial charge is 0.270 e. The van der Waals surface area contributed by atoms with E-state index in [9.17, 15) is 19.5 Å². The molecule has 40 heavy (non-hydrogen) atoms. The van der Waals surface area contributed by atoms with Crippen LogP contribution in [0.3, 0.4) is 0 Å². The monoisotopic (exact) mass is 544 g/mol. The first kappa shape index (κ1) is 28.1. The van der Waals surface area contributed by atoms with E-state index in [-0.39, 0.29) is 35.1 Å². The number of phenols is 1. The second kappa shape index (κ2) is 11.9. The molecule has 3 aromatic rings. The Morgan fingerprint density at radius 1 is 1.10 bits per heavy atom. The highest BCUT2D eigenvalue weighted by Crippen LogP contribution is 2.34. The van der Waals surface area contributed by atoms with Gasteiger partial charge in [-0.05, 0) is 58.7 Å². The van der Waals surface area contributed by atoms with E-state index in [1.807, 2.05) is 45.0 Å². The number of phenolic OH excluding ortho intramolecular Hbond substituents is 1. The molecular weight excluding hydrogens is 512 g/mol. The third-order valence-electron chi connectivity index (χ3n) is 6.49. The molecular formula is C28H32N8O4. The van der Waals surface area contributed by atoms with Gasteiger partial charge in [-0.25, -0.2) is 15.0 Å². The third-order valence-corrected chi connectivity index (χ3v) is 6.49. The Bertz CT molecular complexity index is 1450. The summed E-state index contributed by atoms with van der Waals surface area (Å²) in [7, 11) is 1.51. The molecule has 4 rings (SSSR count). The van der Waals surface area contributed by atoms with Crippen LogP contribution in [0.4, 0.5) is 5.69 Å². The lowest BCUT2D eigenvalue weighted by molar-refractivity contribution is -0.119. The van der Waals surface area contributed by atoms with Crippen molar-refractivity contribution in [1.82, 2.24) is 31.1 Å². The van der Waals surface area contributed by atoms with Gasteiger partial charge in [0.05, 0.1) is 11.7 Å². The number of hydrogen-bond acceptors (Lipinski definition) is 8. The van der Waals surface area contributed by atoms with E-state index in [1.54, 1.807) is 12.1 Å². The number of hydrazine groups is 1. The molecule has 12 heteroatoms. The van der Waals surface area contributed by atoms with Gasteiger partial charge in [0, 0.05) is 19.7 Å². The second-order valence-electron chi connectivity index (χ2n) is 10.5. The lowest BCUT2D eigenvalue weighted by atomic mass is 9.86. The van der Waals surface area contributed by atoms with Gasteiger partial charge in [0.2, 0.25) is 6.41 Å². The van der Waals surface area contributed by atoms with Crippen LogP contribution in [-0.4, -0.2) is 45.4 Å². The summed E-state index contributed by atoms with van der Waals surface area (Å²) < 4.78 is 0. The van der Waals surface area contributed by atoms with E-state index in [4.69, 9.17) is 0 Å². The summed E-state index contributed by atoms with van der Waals surface area (Å²) in [6.45, 7) is 6.23. The van der Waals surface area contributed by atoms with Crippen molar-refractivity contribution in [3.63, 3.8) is 0 Å². The molecule has 1 heterocycles. The highest BCUT2D eigenvalue weighted by molar-refractivity contribution is 5.97. The predicted molar refractivity (Wildman–Crippen MR) is 146 cm³/mol. The average molecular weight is 545 g/mol. The molecule has 0 radical (unpaired) electrons. The fourth-order valence-electron chi connectivity index (χ4n) is 4.42. The van der Waals surface area contributed by atoms with Crippen LogP contribution < -0.4 is 16.2 Å². The van der Waals surface area contributed by atoms with E-state index in [2.05, 4.69) is 36.5 Å². The number of benzene rings is 2. The highest BCUT2D eigenvalue weighted by atomic mass is 16.3. The fourth-order valence-corrected chi connectivity index (χ4v) is 4.42. The van der Waals surface area contributed by atoms with Gasteiger partial charge in [-0.15, -0.1) is 5.11 Å². The van der Waals surface area contributed by atoms with E-state index in [0.29, 0.717) is 18.5 Å². The Balaban J connectivity index is 1.36. The van der Waals surface area contributed by atoms with Gasteiger partial charge in [-0.1, -0.05) is 44.2 Å². The molecule has 12 nitrogen and oxygen atoms in total. The molecule has 3 amide bonds. The number of fused-ring (bicyclic) bond motifs is 1. The lowest BCUT2D eigenvalue weighted by Gasteiger charge is -2.20. The van der Waals surface area contributed by atoms with Crippen molar-refractivity contribution in [1.29, 1.82) is 0 Å². The zero-order chi connectivity index (χ0) is 28.9. The van der Waals surface area contributed by atoms with Crippen molar-refractivity contribution >= 4 is 23.9 Å². The molecule has 0 unspecified atom stereocenters. The van der Waals surface area contributed by atoms with Crippen molar-refractivity contribution in [2.75, 3.05) is 7.05 Å². The van der Waals surface area contributed by atoms with Crippen molar-refractivity contribution in [2.45, 2.75) is 51.6 Å². The molecule has 1 aliphatic rings. The van der Waals surface area contributed by atoms with Crippen LogP contribution in [0, 0.1) is 0 Å². The van der Waals surface area contributed by atoms with E-state index >= 15 is 0 Å². The Labute approximate surface area is 231 Å². The first-order chi connectivity index (χ1) is 19.0. The Morgan fingerprint density at radius 3 is 2.55 bits per heavy atom. The second-order valence-corrected chi connectivity index (χ2v) is 10.5. The summed E-state index contributed by atoms with van der Waals surface area (Å²) in [4.78, 5) is 44.4. The lowest BCUT2D eigenvalue weighted by Crippen LogP contribution is -2.29. The molecule has 208 valence electrons. The number of rotatable bonds is 9. The van der Waals surface area contributed by atoms with Gasteiger partial charge >= 0.3 is 0 Å². The summed E-state index contributed by atoms with van der Waals surface area (Å²) in [6, 6.07) is 12.0. The van der Waals surface area contributed by atoms with E-state index in [0.717, 1.165) is 33.7 Å². The molecule has 2 aromatic carbocycles. The number of carbonyl (C=O) groups is 3. The number of hydrogen-bond donors (Lipinski definition) is 4. The topological polar surface area (TPSA) is 161 Å². The number of aromatic hydroxyl groups is 1. The van der Waals surface area contributed by atoms with Crippen LogP contribution in [0.2, 0.25) is 0 Å². The maximum Gasteiger partial charge on any atom is 0.270 e. The summed E-state index contributed by atoms with van der Waals surface area (Å²) >= 11 is 0. The number of nitrogens with zero attached hydrogens (tertiary/aromatic N) is 5.